The molecule has 0 aliphatic carbocycles. The number of aromatic nitrogens is 3. The molecular weight excluding hydrogens is 449 g/mol. The molecular formula is C25H26FN7O2. The van der Waals surface area contributed by atoms with E-state index in [0.29, 0.717) is 30.2 Å². The second kappa shape index (κ2) is 10.7. The standard InChI is InChI=1S/C25H26FN7O2/c1-2-21(34)33-11-5-7-17(13-33)32-25-22(24(28)30-15-31-25)23(27)16-8-9-20(19(26)12-16)35-14-18-6-3-4-10-29-18/h2-4,6,8-10,12,15,17,27H,1,5,7,11,13-14H2,(H3,28,30,31,32). The summed E-state index contributed by atoms with van der Waals surface area (Å²) in [6.45, 7) is 4.80. The molecule has 0 saturated carbocycles. The first kappa shape index (κ1) is 23.8. The van der Waals surface area contributed by atoms with Gasteiger partial charge in [-0.05, 0) is 49.2 Å². The van der Waals surface area contributed by atoms with E-state index in [-0.39, 0.29) is 41.4 Å². The quantitative estimate of drug-likeness (QED) is 0.337. The topological polar surface area (TPSA) is 130 Å². The molecule has 10 heteroatoms. The van der Waals surface area contributed by atoms with Gasteiger partial charge in [-0.2, -0.15) is 0 Å². The molecule has 4 N–H and O–H groups in total. The molecule has 35 heavy (non-hydrogen) atoms. The van der Waals surface area contributed by atoms with Crippen molar-refractivity contribution in [2.75, 3.05) is 24.1 Å². The highest BCUT2D eigenvalue weighted by atomic mass is 19.1. The maximum absolute atomic E-state index is 14.8. The summed E-state index contributed by atoms with van der Waals surface area (Å²) >= 11 is 0. The van der Waals surface area contributed by atoms with E-state index in [1.54, 1.807) is 29.3 Å². The Bertz CT molecular complexity index is 1240. The number of piperidine rings is 1. The molecule has 1 aliphatic heterocycles. The van der Waals surface area contributed by atoms with Crippen LogP contribution in [0.4, 0.5) is 16.0 Å². The molecule has 1 unspecified atom stereocenters. The molecule has 3 heterocycles. The zero-order chi connectivity index (χ0) is 24.8. The third-order valence-corrected chi connectivity index (χ3v) is 5.70. The number of hydrogen-bond donors (Lipinski definition) is 3. The van der Waals surface area contributed by atoms with Crippen LogP contribution in [-0.2, 0) is 11.4 Å². The number of amides is 1. The molecule has 1 aromatic carbocycles. The van der Waals surface area contributed by atoms with Crippen molar-refractivity contribution in [3.8, 4) is 5.75 Å². The summed E-state index contributed by atoms with van der Waals surface area (Å²) in [7, 11) is 0. The largest absolute Gasteiger partial charge is 0.484 e. The fourth-order valence-electron chi connectivity index (χ4n) is 3.93. The first-order valence-electron chi connectivity index (χ1n) is 11.2. The van der Waals surface area contributed by atoms with Gasteiger partial charge in [0.15, 0.2) is 11.6 Å². The molecule has 4 rings (SSSR count). The van der Waals surface area contributed by atoms with Crippen LogP contribution in [0.5, 0.6) is 5.75 Å². The number of carbonyl (C=O) groups excluding carboxylic acids is 1. The number of ether oxygens (including phenoxy) is 1. The fourth-order valence-corrected chi connectivity index (χ4v) is 3.93. The van der Waals surface area contributed by atoms with Gasteiger partial charge < -0.3 is 20.7 Å². The van der Waals surface area contributed by atoms with Crippen LogP contribution in [-0.4, -0.2) is 50.6 Å². The van der Waals surface area contributed by atoms with Crippen molar-refractivity contribution in [2.45, 2.75) is 25.5 Å². The second-order valence-electron chi connectivity index (χ2n) is 8.08. The van der Waals surface area contributed by atoms with Gasteiger partial charge in [-0.1, -0.05) is 12.6 Å². The molecule has 1 amide bonds. The van der Waals surface area contributed by atoms with Gasteiger partial charge in [0.05, 0.1) is 17.0 Å². The van der Waals surface area contributed by atoms with Crippen LogP contribution in [0.3, 0.4) is 0 Å². The minimum atomic E-state index is -0.612. The number of halogens is 1. The number of carbonyl (C=O) groups is 1. The lowest BCUT2D eigenvalue weighted by atomic mass is 10.0. The Morgan fingerprint density at radius 3 is 2.91 bits per heavy atom. The second-order valence-corrected chi connectivity index (χ2v) is 8.08. The molecule has 1 aliphatic rings. The summed E-state index contributed by atoms with van der Waals surface area (Å²) in [5, 5.41) is 12.0. The third-order valence-electron chi connectivity index (χ3n) is 5.70. The first-order chi connectivity index (χ1) is 17.0. The molecule has 0 radical (unpaired) electrons. The lowest BCUT2D eigenvalue weighted by molar-refractivity contribution is -0.127. The van der Waals surface area contributed by atoms with Crippen LogP contribution >= 0.6 is 0 Å². The van der Waals surface area contributed by atoms with Crippen molar-refractivity contribution in [2.24, 2.45) is 0 Å². The maximum Gasteiger partial charge on any atom is 0.246 e. The highest BCUT2D eigenvalue weighted by molar-refractivity contribution is 6.16. The summed E-state index contributed by atoms with van der Waals surface area (Å²) in [5.74, 6) is -0.238. The van der Waals surface area contributed by atoms with Crippen LogP contribution in [0.25, 0.3) is 0 Å². The average Bonchev–Trinajstić information content (AvgIpc) is 2.88. The van der Waals surface area contributed by atoms with Gasteiger partial charge in [0.2, 0.25) is 5.91 Å². The van der Waals surface area contributed by atoms with Crippen molar-refractivity contribution < 1.29 is 13.9 Å². The van der Waals surface area contributed by atoms with Gasteiger partial charge in [0.1, 0.15) is 24.6 Å². The summed E-state index contributed by atoms with van der Waals surface area (Å²) in [6, 6.07) is 9.58. The highest BCUT2D eigenvalue weighted by Crippen LogP contribution is 2.26. The number of likely N-dealkylation sites (tertiary alicyclic amines) is 1. The number of hydrogen-bond acceptors (Lipinski definition) is 8. The highest BCUT2D eigenvalue weighted by Gasteiger charge is 2.25. The van der Waals surface area contributed by atoms with E-state index in [1.165, 1.54) is 24.5 Å². The molecule has 0 spiro atoms. The van der Waals surface area contributed by atoms with E-state index in [4.69, 9.17) is 15.9 Å². The first-order valence-corrected chi connectivity index (χ1v) is 11.2. The Kier molecular flexibility index (Phi) is 7.30. The lowest BCUT2D eigenvalue weighted by Gasteiger charge is -2.33. The minimum Gasteiger partial charge on any atom is -0.484 e. The van der Waals surface area contributed by atoms with E-state index in [0.717, 1.165) is 12.8 Å². The zero-order valence-electron chi connectivity index (χ0n) is 19.1. The Labute approximate surface area is 202 Å². The van der Waals surface area contributed by atoms with Gasteiger partial charge in [-0.25, -0.2) is 14.4 Å². The monoisotopic (exact) mass is 475 g/mol. The van der Waals surface area contributed by atoms with Gasteiger partial charge in [-0.15, -0.1) is 0 Å². The summed E-state index contributed by atoms with van der Waals surface area (Å²) in [4.78, 5) is 26.2. The van der Waals surface area contributed by atoms with Crippen LogP contribution in [0.1, 0.15) is 29.7 Å². The number of nitrogens with two attached hydrogens (primary N) is 1. The molecule has 9 nitrogen and oxygen atoms in total. The Morgan fingerprint density at radius 1 is 1.31 bits per heavy atom. The van der Waals surface area contributed by atoms with E-state index in [2.05, 4.69) is 26.8 Å². The molecule has 180 valence electrons. The SMILES string of the molecule is C=CC(=O)N1CCCC(Nc2ncnc(N)c2C(=N)c2ccc(OCc3ccccn3)c(F)c2)C1. The van der Waals surface area contributed by atoms with Crippen LogP contribution in [0.15, 0.2) is 61.6 Å². The van der Waals surface area contributed by atoms with Crippen LogP contribution in [0.2, 0.25) is 0 Å². The molecule has 2 aromatic heterocycles. The van der Waals surface area contributed by atoms with E-state index in [9.17, 15) is 9.18 Å². The number of nitrogens with zero attached hydrogens (tertiary/aromatic N) is 4. The van der Waals surface area contributed by atoms with Crippen LogP contribution < -0.4 is 15.8 Å². The number of rotatable bonds is 8. The normalized spacial score (nSPS) is 15.3. The number of nitrogen functional groups attached to an aromatic ring is 1. The molecule has 1 atom stereocenters. The Morgan fingerprint density at radius 2 is 2.17 bits per heavy atom. The molecule has 1 saturated heterocycles. The van der Waals surface area contributed by atoms with Gasteiger partial charge in [0.25, 0.3) is 0 Å². The number of benzene rings is 1. The predicted octanol–water partition coefficient (Wildman–Crippen LogP) is 3.18. The van der Waals surface area contributed by atoms with Gasteiger partial charge >= 0.3 is 0 Å². The van der Waals surface area contributed by atoms with Crippen LogP contribution in [0, 0.1) is 11.2 Å². The number of pyridine rings is 1. The third kappa shape index (κ3) is 5.60. The summed E-state index contributed by atoms with van der Waals surface area (Å²) in [6.07, 6.45) is 5.87. The Hall–Kier alpha value is -4.34. The lowest BCUT2D eigenvalue weighted by Crippen LogP contribution is -2.44. The van der Waals surface area contributed by atoms with Crippen molar-refractivity contribution in [1.29, 1.82) is 5.41 Å². The van der Waals surface area contributed by atoms with Crippen molar-refractivity contribution >= 4 is 23.3 Å². The van der Waals surface area contributed by atoms with E-state index in [1.807, 2.05) is 6.07 Å². The van der Waals surface area contributed by atoms with Crippen molar-refractivity contribution in [1.82, 2.24) is 19.9 Å². The van der Waals surface area contributed by atoms with Crippen molar-refractivity contribution in [3.63, 3.8) is 0 Å². The minimum absolute atomic E-state index is 0.0318. The molecule has 1 fully saturated rings. The number of anilines is 2. The predicted molar refractivity (Wildman–Crippen MR) is 131 cm³/mol. The van der Waals surface area contributed by atoms with Gasteiger partial charge in [-0.3, -0.25) is 15.2 Å². The van der Waals surface area contributed by atoms with E-state index >= 15 is 0 Å². The summed E-state index contributed by atoms with van der Waals surface area (Å²) < 4.78 is 20.3. The van der Waals surface area contributed by atoms with Gasteiger partial charge in [0, 0.05) is 30.9 Å². The molecule has 0 bridgehead atoms. The Balaban J connectivity index is 1.52. The number of nitrogens with one attached hydrogen (secondary N) is 2. The fraction of sp³-hybridized carbons (Fsp3) is 0.240. The summed E-state index contributed by atoms with van der Waals surface area (Å²) in [5.41, 5.74) is 7.31. The molecule has 3 aromatic rings. The van der Waals surface area contributed by atoms with Crippen molar-refractivity contribution in [3.05, 3.63) is 84.2 Å². The maximum atomic E-state index is 14.8. The van der Waals surface area contributed by atoms with E-state index < -0.39 is 5.82 Å². The average molecular weight is 476 g/mol. The zero-order valence-corrected chi connectivity index (χ0v) is 19.1. The smallest absolute Gasteiger partial charge is 0.246 e.